The molecule has 1 aliphatic heterocycles. The molecule has 0 unspecified atom stereocenters. The van der Waals surface area contributed by atoms with E-state index >= 15 is 0 Å². The van der Waals surface area contributed by atoms with E-state index in [1.54, 1.807) is 7.11 Å². The number of piperidine rings is 1. The Morgan fingerprint density at radius 2 is 1.62 bits per heavy atom. The van der Waals surface area contributed by atoms with E-state index in [2.05, 4.69) is 59.5 Å². The molecular formula is C19H23NO. The maximum Gasteiger partial charge on any atom is 0.118 e. The average molecular weight is 281 g/mol. The lowest BCUT2D eigenvalue weighted by Crippen LogP contribution is -2.32. The Labute approximate surface area is 127 Å². The van der Waals surface area contributed by atoms with Crippen LogP contribution in [0.1, 0.15) is 29.9 Å². The molecule has 1 aliphatic rings. The van der Waals surface area contributed by atoms with E-state index in [-0.39, 0.29) is 0 Å². The fourth-order valence-electron chi connectivity index (χ4n) is 3.14. The zero-order chi connectivity index (χ0) is 14.5. The summed E-state index contributed by atoms with van der Waals surface area (Å²) in [5.74, 6) is 1.64. The van der Waals surface area contributed by atoms with Crippen LogP contribution in [0.15, 0.2) is 54.6 Å². The molecular weight excluding hydrogens is 258 g/mol. The number of nitrogens with zero attached hydrogens (tertiary/aromatic N) is 1. The summed E-state index contributed by atoms with van der Waals surface area (Å²) >= 11 is 0. The average Bonchev–Trinajstić information content (AvgIpc) is 2.57. The van der Waals surface area contributed by atoms with Gasteiger partial charge in [0.2, 0.25) is 0 Å². The van der Waals surface area contributed by atoms with Gasteiger partial charge in [-0.2, -0.15) is 0 Å². The minimum absolute atomic E-state index is 0.697. The molecule has 0 bridgehead atoms. The molecule has 1 saturated heterocycles. The lowest BCUT2D eigenvalue weighted by Gasteiger charge is -2.32. The van der Waals surface area contributed by atoms with Gasteiger partial charge in [-0.15, -0.1) is 0 Å². The van der Waals surface area contributed by atoms with Crippen molar-refractivity contribution in [2.24, 2.45) is 0 Å². The molecule has 2 aromatic rings. The van der Waals surface area contributed by atoms with Crippen LogP contribution >= 0.6 is 0 Å². The Balaban J connectivity index is 1.54. The third-order valence-corrected chi connectivity index (χ3v) is 4.42. The highest BCUT2D eigenvalue weighted by Gasteiger charge is 2.20. The van der Waals surface area contributed by atoms with Crippen LogP contribution in [0, 0.1) is 0 Å². The summed E-state index contributed by atoms with van der Waals surface area (Å²) in [7, 11) is 1.72. The van der Waals surface area contributed by atoms with Crippen LogP contribution < -0.4 is 4.74 Å². The highest BCUT2D eigenvalue weighted by molar-refractivity contribution is 5.29. The smallest absolute Gasteiger partial charge is 0.118 e. The first-order valence-electron chi connectivity index (χ1n) is 7.75. The van der Waals surface area contributed by atoms with Gasteiger partial charge in [0.05, 0.1) is 7.11 Å². The van der Waals surface area contributed by atoms with Crippen molar-refractivity contribution < 1.29 is 4.74 Å². The number of hydrogen-bond acceptors (Lipinski definition) is 2. The summed E-state index contributed by atoms with van der Waals surface area (Å²) in [6.45, 7) is 3.45. The van der Waals surface area contributed by atoms with E-state index in [9.17, 15) is 0 Å². The highest BCUT2D eigenvalue weighted by atomic mass is 16.5. The normalized spacial score (nSPS) is 16.8. The molecule has 2 nitrogen and oxygen atoms in total. The third kappa shape index (κ3) is 3.64. The maximum absolute atomic E-state index is 5.23. The molecule has 2 aromatic carbocycles. The molecule has 0 N–H and O–H groups in total. The van der Waals surface area contributed by atoms with Gasteiger partial charge in [-0.3, -0.25) is 4.90 Å². The Hall–Kier alpha value is -1.80. The monoisotopic (exact) mass is 281 g/mol. The second-order valence-electron chi connectivity index (χ2n) is 5.81. The van der Waals surface area contributed by atoms with Crippen LogP contribution in [-0.2, 0) is 6.54 Å². The van der Waals surface area contributed by atoms with Gasteiger partial charge in [-0.05, 0) is 55.1 Å². The predicted molar refractivity (Wildman–Crippen MR) is 86.7 cm³/mol. The van der Waals surface area contributed by atoms with Crippen LogP contribution in [0.25, 0.3) is 0 Å². The Kier molecular flexibility index (Phi) is 4.56. The molecule has 0 atom stereocenters. The lowest BCUT2D eigenvalue weighted by atomic mass is 9.89. The first kappa shape index (κ1) is 14.2. The van der Waals surface area contributed by atoms with Crippen LogP contribution in [0.5, 0.6) is 5.75 Å². The molecule has 2 heteroatoms. The van der Waals surface area contributed by atoms with Crippen molar-refractivity contribution in [3.8, 4) is 5.75 Å². The fraction of sp³-hybridized carbons (Fsp3) is 0.368. The summed E-state index contributed by atoms with van der Waals surface area (Å²) in [6.07, 6.45) is 2.50. The highest BCUT2D eigenvalue weighted by Crippen LogP contribution is 2.29. The summed E-state index contributed by atoms with van der Waals surface area (Å²) in [6, 6.07) is 19.4. The lowest BCUT2D eigenvalue weighted by molar-refractivity contribution is 0.204. The number of ether oxygens (including phenoxy) is 1. The van der Waals surface area contributed by atoms with Crippen LogP contribution in [-0.4, -0.2) is 25.1 Å². The summed E-state index contributed by atoms with van der Waals surface area (Å²) in [5.41, 5.74) is 2.87. The summed E-state index contributed by atoms with van der Waals surface area (Å²) in [4.78, 5) is 2.56. The maximum atomic E-state index is 5.23. The Bertz CT molecular complexity index is 542. The molecule has 0 radical (unpaired) electrons. The number of methoxy groups -OCH3 is 1. The van der Waals surface area contributed by atoms with Crippen molar-refractivity contribution in [3.05, 3.63) is 65.7 Å². The molecule has 0 amide bonds. The first-order valence-corrected chi connectivity index (χ1v) is 7.75. The largest absolute Gasteiger partial charge is 0.497 e. The fourth-order valence-corrected chi connectivity index (χ4v) is 3.14. The van der Waals surface area contributed by atoms with Crippen molar-refractivity contribution in [1.29, 1.82) is 0 Å². The molecule has 3 rings (SSSR count). The Morgan fingerprint density at radius 1 is 0.952 bits per heavy atom. The van der Waals surface area contributed by atoms with Gasteiger partial charge in [0.1, 0.15) is 5.75 Å². The predicted octanol–water partition coefficient (Wildman–Crippen LogP) is 4.07. The summed E-state index contributed by atoms with van der Waals surface area (Å²) in [5, 5.41) is 0. The first-order chi connectivity index (χ1) is 10.3. The quantitative estimate of drug-likeness (QED) is 0.837. The van der Waals surface area contributed by atoms with Crippen molar-refractivity contribution in [2.75, 3.05) is 20.2 Å². The molecule has 1 fully saturated rings. The topological polar surface area (TPSA) is 12.5 Å². The van der Waals surface area contributed by atoms with E-state index in [1.165, 1.54) is 37.1 Å². The van der Waals surface area contributed by atoms with Gasteiger partial charge < -0.3 is 4.74 Å². The van der Waals surface area contributed by atoms with Crippen LogP contribution in [0.3, 0.4) is 0 Å². The Morgan fingerprint density at radius 3 is 2.24 bits per heavy atom. The molecule has 0 spiro atoms. The van der Waals surface area contributed by atoms with E-state index in [0.717, 1.165) is 12.3 Å². The molecule has 0 aromatic heterocycles. The molecule has 0 aliphatic carbocycles. The van der Waals surface area contributed by atoms with Gasteiger partial charge in [0.15, 0.2) is 0 Å². The molecule has 21 heavy (non-hydrogen) atoms. The number of rotatable bonds is 4. The third-order valence-electron chi connectivity index (χ3n) is 4.42. The minimum Gasteiger partial charge on any atom is -0.497 e. The second kappa shape index (κ2) is 6.77. The summed E-state index contributed by atoms with van der Waals surface area (Å²) < 4.78 is 5.23. The van der Waals surface area contributed by atoms with E-state index in [0.29, 0.717) is 5.92 Å². The molecule has 0 saturated carbocycles. The minimum atomic E-state index is 0.697. The van der Waals surface area contributed by atoms with Gasteiger partial charge in [-0.1, -0.05) is 42.5 Å². The van der Waals surface area contributed by atoms with E-state index < -0.39 is 0 Å². The van der Waals surface area contributed by atoms with E-state index in [4.69, 9.17) is 4.74 Å². The van der Waals surface area contributed by atoms with Gasteiger partial charge in [-0.25, -0.2) is 0 Å². The molecule has 110 valence electrons. The van der Waals surface area contributed by atoms with Gasteiger partial charge in [0, 0.05) is 6.54 Å². The van der Waals surface area contributed by atoms with Gasteiger partial charge >= 0.3 is 0 Å². The van der Waals surface area contributed by atoms with Crippen molar-refractivity contribution in [1.82, 2.24) is 4.90 Å². The van der Waals surface area contributed by atoms with E-state index in [1.807, 2.05) is 0 Å². The van der Waals surface area contributed by atoms with Crippen LogP contribution in [0.4, 0.5) is 0 Å². The number of hydrogen-bond donors (Lipinski definition) is 0. The zero-order valence-corrected chi connectivity index (χ0v) is 12.7. The van der Waals surface area contributed by atoms with Gasteiger partial charge in [0.25, 0.3) is 0 Å². The van der Waals surface area contributed by atoms with Crippen molar-refractivity contribution >= 4 is 0 Å². The number of likely N-dealkylation sites (tertiary alicyclic amines) is 1. The number of benzene rings is 2. The van der Waals surface area contributed by atoms with Crippen LogP contribution in [0.2, 0.25) is 0 Å². The second-order valence-corrected chi connectivity index (χ2v) is 5.81. The standard InChI is InChI=1S/C19H23NO/c1-21-19-9-7-17(8-10-19)18-11-13-20(14-12-18)15-16-5-3-2-4-6-16/h2-10,18H,11-15H2,1H3. The van der Waals surface area contributed by atoms with Crippen molar-refractivity contribution in [2.45, 2.75) is 25.3 Å². The SMILES string of the molecule is COc1ccc(C2CCN(Cc3ccccc3)CC2)cc1. The van der Waals surface area contributed by atoms with Crippen molar-refractivity contribution in [3.63, 3.8) is 0 Å². The zero-order valence-electron chi connectivity index (χ0n) is 12.7. The molecule has 1 heterocycles.